The quantitative estimate of drug-likeness (QED) is 0.831. The molecule has 0 amide bonds. The van der Waals surface area contributed by atoms with Crippen LogP contribution in [0.2, 0.25) is 5.02 Å². The molecule has 25 heavy (non-hydrogen) atoms. The summed E-state index contributed by atoms with van der Waals surface area (Å²) in [6.45, 7) is 0. The Hall–Kier alpha value is -2.47. The molecule has 0 unspecified atom stereocenters. The molecular formula is C18H18ClNO5. The van der Waals surface area contributed by atoms with E-state index in [1.807, 2.05) is 0 Å². The first kappa shape index (κ1) is 17.4. The third-order valence-electron chi connectivity index (χ3n) is 4.40. The molecule has 0 fully saturated rings. The summed E-state index contributed by atoms with van der Waals surface area (Å²) in [6, 6.07) is 5.11. The number of hydrogen-bond acceptors (Lipinski definition) is 6. The molecule has 1 aromatic carbocycles. The molecule has 2 N–H and O–H groups in total. The Morgan fingerprint density at radius 1 is 1.32 bits per heavy atom. The second-order valence-electron chi connectivity index (χ2n) is 5.81. The molecule has 0 bridgehead atoms. The number of ketones is 1. The van der Waals surface area contributed by atoms with Crippen molar-refractivity contribution in [2.45, 2.75) is 25.2 Å². The minimum absolute atomic E-state index is 0.0442. The Morgan fingerprint density at radius 2 is 2.08 bits per heavy atom. The summed E-state index contributed by atoms with van der Waals surface area (Å²) in [7, 11) is 2.77. The maximum absolute atomic E-state index is 12.6. The second kappa shape index (κ2) is 6.80. The Kier molecular flexibility index (Phi) is 4.72. The van der Waals surface area contributed by atoms with Gasteiger partial charge in [-0.1, -0.05) is 17.7 Å². The van der Waals surface area contributed by atoms with E-state index in [4.69, 9.17) is 31.5 Å². The molecule has 1 aromatic rings. The van der Waals surface area contributed by atoms with Gasteiger partial charge in [-0.25, -0.2) is 4.79 Å². The van der Waals surface area contributed by atoms with Gasteiger partial charge < -0.3 is 19.9 Å². The van der Waals surface area contributed by atoms with E-state index in [-0.39, 0.29) is 17.2 Å². The molecule has 0 aromatic heterocycles. The fraction of sp³-hybridized carbons (Fsp3) is 0.333. The van der Waals surface area contributed by atoms with Crippen LogP contribution in [0.1, 0.15) is 30.7 Å². The van der Waals surface area contributed by atoms with Crippen LogP contribution in [-0.4, -0.2) is 26.0 Å². The maximum Gasteiger partial charge on any atom is 0.340 e. The van der Waals surface area contributed by atoms with Crippen molar-refractivity contribution in [3.8, 4) is 5.75 Å². The lowest BCUT2D eigenvalue weighted by atomic mass is 9.77. The van der Waals surface area contributed by atoms with Gasteiger partial charge in [0.15, 0.2) is 5.78 Å². The molecule has 1 atom stereocenters. The molecule has 7 heteroatoms. The van der Waals surface area contributed by atoms with Gasteiger partial charge in [0.25, 0.3) is 0 Å². The summed E-state index contributed by atoms with van der Waals surface area (Å²) >= 11 is 6.24. The predicted molar refractivity (Wildman–Crippen MR) is 90.9 cm³/mol. The molecule has 0 spiro atoms. The molecule has 132 valence electrons. The summed E-state index contributed by atoms with van der Waals surface area (Å²) in [5, 5.41) is 0.375. The van der Waals surface area contributed by atoms with E-state index >= 15 is 0 Å². The normalized spacial score (nSPS) is 20.1. The van der Waals surface area contributed by atoms with E-state index < -0.39 is 11.9 Å². The summed E-state index contributed by atoms with van der Waals surface area (Å²) in [5.41, 5.74) is 7.19. The van der Waals surface area contributed by atoms with Crippen molar-refractivity contribution in [3.05, 3.63) is 51.6 Å². The summed E-state index contributed by atoms with van der Waals surface area (Å²) < 4.78 is 15.6. The molecule has 1 heterocycles. The Labute approximate surface area is 150 Å². The molecule has 2 aliphatic rings. The SMILES string of the molecule is COC(=O)C1=C(N)OC2=C(C(=O)CCC2)[C@@H]1c1ccc(OC)c(Cl)c1. The van der Waals surface area contributed by atoms with E-state index in [1.165, 1.54) is 14.2 Å². The number of nitrogens with two attached hydrogens (primary N) is 1. The van der Waals surface area contributed by atoms with E-state index in [1.54, 1.807) is 18.2 Å². The zero-order valence-corrected chi connectivity index (χ0v) is 14.7. The highest BCUT2D eigenvalue weighted by molar-refractivity contribution is 6.32. The monoisotopic (exact) mass is 363 g/mol. The maximum atomic E-state index is 12.6. The Morgan fingerprint density at radius 3 is 2.72 bits per heavy atom. The van der Waals surface area contributed by atoms with Crippen molar-refractivity contribution in [2.75, 3.05) is 14.2 Å². The number of allylic oxidation sites excluding steroid dienone is 2. The largest absolute Gasteiger partial charge is 0.495 e. The van der Waals surface area contributed by atoms with Gasteiger partial charge in [-0.05, 0) is 24.1 Å². The number of ether oxygens (including phenoxy) is 3. The van der Waals surface area contributed by atoms with Gasteiger partial charge in [0, 0.05) is 18.4 Å². The van der Waals surface area contributed by atoms with Crippen LogP contribution in [0.5, 0.6) is 5.75 Å². The van der Waals surface area contributed by atoms with Crippen molar-refractivity contribution in [1.82, 2.24) is 0 Å². The van der Waals surface area contributed by atoms with E-state index in [2.05, 4.69) is 0 Å². The van der Waals surface area contributed by atoms with E-state index in [0.29, 0.717) is 46.9 Å². The van der Waals surface area contributed by atoms with E-state index in [9.17, 15) is 9.59 Å². The van der Waals surface area contributed by atoms with Gasteiger partial charge in [-0.2, -0.15) is 0 Å². The van der Waals surface area contributed by atoms with Crippen molar-refractivity contribution in [3.63, 3.8) is 0 Å². The lowest BCUT2D eigenvalue weighted by Crippen LogP contribution is -2.31. The highest BCUT2D eigenvalue weighted by Crippen LogP contribution is 2.45. The predicted octanol–water partition coefficient (Wildman–Crippen LogP) is 2.81. The molecule has 1 aliphatic heterocycles. The molecule has 1 aliphatic carbocycles. The molecule has 0 radical (unpaired) electrons. The number of halogens is 1. The smallest absolute Gasteiger partial charge is 0.340 e. The lowest BCUT2D eigenvalue weighted by molar-refractivity contribution is -0.136. The fourth-order valence-electron chi connectivity index (χ4n) is 3.26. The topological polar surface area (TPSA) is 87.9 Å². The second-order valence-corrected chi connectivity index (χ2v) is 6.22. The fourth-order valence-corrected chi connectivity index (χ4v) is 3.53. The number of esters is 1. The van der Waals surface area contributed by atoms with Crippen molar-refractivity contribution >= 4 is 23.4 Å². The Bertz CT molecular complexity index is 812. The third-order valence-corrected chi connectivity index (χ3v) is 4.69. The van der Waals surface area contributed by atoms with Crippen LogP contribution < -0.4 is 10.5 Å². The van der Waals surface area contributed by atoms with Crippen LogP contribution in [0, 0.1) is 0 Å². The summed E-state index contributed by atoms with van der Waals surface area (Å²) in [6.07, 6.45) is 1.68. The molecular weight excluding hydrogens is 346 g/mol. The number of carbonyl (C=O) groups is 2. The summed E-state index contributed by atoms with van der Waals surface area (Å²) in [4.78, 5) is 24.9. The minimum atomic E-state index is -0.674. The van der Waals surface area contributed by atoms with Crippen LogP contribution in [0.3, 0.4) is 0 Å². The number of rotatable bonds is 3. The first-order valence-corrected chi connectivity index (χ1v) is 8.21. The van der Waals surface area contributed by atoms with Crippen LogP contribution >= 0.6 is 11.6 Å². The van der Waals surface area contributed by atoms with Crippen LogP contribution in [-0.2, 0) is 19.1 Å². The average molecular weight is 364 g/mol. The zero-order chi connectivity index (χ0) is 18.1. The number of Topliss-reactive ketones (excluding diaryl/α,β-unsaturated/α-hetero) is 1. The van der Waals surface area contributed by atoms with Gasteiger partial charge >= 0.3 is 5.97 Å². The van der Waals surface area contributed by atoms with Gasteiger partial charge in [-0.15, -0.1) is 0 Å². The van der Waals surface area contributed by atoms with Crippen molar-refractivity contribution in [2.24, 2.45) is 5.73 Å². The van der Waals surface area contributed by atoms with Crippen LogP contribution in [0.15, 0.2) is 41.0 Å². The number of benzene rings is 1. The average Bonchev–Trinajstić information content (AvgIpc) is 2.60. The van der Waals surface area contributed by atoms with Gasteiger partial charge in [0.2, 0.25) is 5.88 Å². The van der Waals surface area contributed by atoms with Crippen molar-refractivity contribution in [1.29, 1.82) is 0 Å². The van der Waals surface area contributed by atoms with Crippen molar-refractivity contribution < 1.29 is 23.8 Å². The molecule has 0 saturated heterocycles. The van der Waals surface area contributed by atoms with Gasteiger partial charge in [0.1, 0.15) is 17.1 Å². The summed E-state index contributed by atoms with van der Waals surface area (Å²) in [5.74, 6) is -0.410. The minimum Gasteiger partial charge on any atom is -0.495 e. The number of carbonyl (C=O) groups excluding carboxylic acids is 2. The van der Waals surface area contributed by atoms with Crippen LogP contribution in [0.25, 0.3) is 0 Å². The standard InChI is InChI=1S/C18H18ClNO5/c1-23-12-7-6-9(8-10(12)19)14-15-11(21)4-3-5-13(15)25-17(20)16(14)18(22)24-2/h6-8,14H,3-5,20H2,1-2H3/t14-/m0/s1. The highest BCUT2D eigenvalue weighted by Gasteiger charge is 2.41. The van der Waals surface area contributed by atoms with Crippen LogP contribution in [0.4, 0.5) is 0 Å². The highest BCUT2D eigenvalue weighted by atomic mass is 35.5. The third kappa shape index (κ3) is 2.98. The molecule has 3 rings (SSSR count). The molecule has 6 nitrogen and oxygen atoms in total. The number of hydrogen-bond donors (Lipinski definition) is 1. The zero-order valence-electron chi connectivity index (χ0n) is 13.9. The molecule has 0 saturated carbocycles. The lowest BCUT2D eigenvalue weighted by Gasteiger charge is -2.32. The van der Waals surface area contributed by atoms with E-state index in [0.717, 1.165) is 0 Å². The number of methoxy groups -OCH3 is 2. The van der Waals surface area contributed by atoms with Gasteiger partial charge in [0.05, 0.1) is 25.2 Å². The van der Waals surface area contributed by atoms with Gasteiger partial charge in [-0.3, -0.25) is 4.79 Å². The Balaban J connectivity index is 2.19. The first-order chi connectivity index (χ1) is 12.0. The first-order valence-electron chi connectivity index (χ1n) is 7.83.